The molecule has 1 unspecified atom stereocenters. The van der Waals surface area contributed by atoms with E-state index in [0.29, 0.717) is 19.8 Å². The highest BCUT2D eigenvalue weighted by molar-refractivity contribution is 5.77. The minimum absolute atomic E-state index is 0.116. The highest BCUT2D eigenvalue weighted by atomic mass is 16.6. The zero-order valence-electron chi connectivity index (χ0n) is 10.8. The molecule has 1 atom stereocenters. The van der Waals surface area contributed by atoms with Crippen molar-refractivity contribution in [2.75, 3.05) is 26.3 Å². The lowest BCUT2D eigenvalue weighted by atomic mass is 9.90. The average molecular weight is 229 g/mol. The summed E-state index contributed by atoms with van der Waals surface area (Å²) >= 11 is 0. The van der Waals surface area contributed by atoms with Gasteiger partial charge in [0.25, 0.3) is 0 Å². The Morgan fingerprint density at radius 3 is 2.56 bits per heavy atom. The third kappa shape index (κ3) is 4.10. The molecule has 4 nitrogen and oxygen atoms in total. The standard InChI is InChI=1S/C12H23NO3/c1-11(2,3)16-8-7-15-10(14)12(4)5-6-13-9-12/h13H,5-9H2,1-4H3. The first-order chi connectivity index (χ1) is 7.33. The van der Waals surface area contributed by atoms with Gasteiger partial charge in [0.1, 0.15) is 6.61 Å². The lowest BCUT2D eigenvalue weighted by Gasteiger charge is -2.22. The maximum absolute atomic E-state index is 11.8. The Hall–Kier alpha value is -0.610. The van der Waals surface area contributed by atoms with Gasteiger partial charge in [0.15, 0.2) is 0 Å². The lowest BCUT2D eigenvalue weighted by molar-refractivity contribution is -0.156. The van der Waals surface area contributed by atoms with Crippen molar-refractivity contribution in [3.8, 4) is 0 Å². The summed E-state index contributed by atoms with van der Waals surface area (Å²) in [6.07, 6.45) is 0.853. The molecule has 0 aliphatic carbocycles. The molecule has 0 aromatic rings. The lowest BCUT2D eigenvalue weighted by Crippen LogP contribution is -2.33. The summed E-state index contributed by atoms with van der Waals surface area (Å²) in [5.41, 5.74) is -0.521. The Labute approximate surface area is 97.7 Å². The van der Waals surface area contributed by atoms with E-state index in [1.54, 1.807) is 0 Å². The van der Waals surface area contributed by atoms with Crippen LogP contribution in [0.25, 0.3) is 0 Å². The van der Waals surface area contributed by atoms with Crippen molar-refractivity contribution in [3.63, 3.8) is 0 Å². The fraction of sp³-hybridized carbons (Fsp3) is 0.917. The molecule has 16 heavy (non-hydrogen) atoms. The van der Waals surface area contributed by atoms with E-state index >= 15 is 0 Å². The number of carbonyl (C=O) groups is 1. The molecule has 0 saturated carbocycles. The van der Waals surface area contributed by atoms with Gasteiger partial charge in [0.2, 0.25) is 0 Å². The first kappa shape index (κ1) is 13.5. The number of esters is 1. The van der Waals surface area contributed by atoms with Crippen LogP contribution < -0.4 is 5.32 Å². The van der Waals surface area contributed by atoms with Crippen molar-refractivity contribution in [1.29, 1.82) is 0 Å². The molecule has 1 N–H and O–H groups in total. The summed E-state index contributed by atoms with van der Waals surface area (Å²) in [5, 5.41) is 3.18. The van der Waals surface area contributed by atoms with Gasteiger partial charge >= 0.3 is 5.97 Å². The van der Waals surface area contributed by atoms with Gasteiger partial charge in [-0.2, -0.15) is 0 Å². The maximum atomic E-state index is 11.8. The highest BCUT2D eigenvalue weighted by Gasteiger charge is 2.37. The van der Waals surface area contributed by atoms with E-state index in [2.05, 4.69) is 5.32 Å². The molecule has 0 aromatic heterocycles. The van der Waals surface area contributed by atoms with Crippen LogP contribution in [0.3, 0.4) is 0 Å². The molecule has 0 radical (unpaired) electrons. The number of hydrogen-bond acceptors (Lipinski definition) is 4. The van der Waals surface area contributed by atoms with E-state index < -0.39 is 0 Å². The summed E-state index contributed by atoms with van der Waals surface area (Å²) < 4.78 is 10.7. The van der Waals surface area contributed by atoms with Gasteiger partial charge in [0.05, 0.1) is 17.6 Å². The van der Waals surface area contributed by atoms with Crippen LogP contribution in [0.5, 0.6) is 0 Å². The number of rotatable bonds is 4. The van der Waals surface area contributed by atoms with Gasteiger partial charge in [-0.15, -0.1) is 0 Å². The molecule has 1 heterocycles. The monoisotopic (exact) mass is 229 g/mol. The minimum atomic E-state index is -0.346. The molecular formula is C12H23NO3. The number of carbonyl (C=O) groups excluding carboxylic acids is 1. The minimum Gasteiger partial charge on any atom is -0.463 e. The molecule has 1 fully saturated rings. The van der Waals surface area contributed by atoms with E-state index in [4.69, 9.17) is 9.47 Å². The first-order valence-electron chi connectivity index (χ1n) is 5.85. The van der Waals surface area contributed by atoms with Crippen molar-refractivity contribution in [3.05, 3.63) is 0 Å². The molecule has 1 aliphatic heterocycles. The van der Waals surface area contributed by atoms with Crippen molar-refractivity contribution < 1.29 is 14.3 Å². The van der Waals surface area contributed by atoms with Crippen LogP contribution in [0.2, 0.25) is 0 Å². The Bertz CT molecular complexity index is 239. The maximum Gasteiger partial charge on any atom is 0.313 e. The summed E-state index contributed by atoms with van der Waals surface area (Å²) in [6.45, 7) is 10.3. The molecule has 0 bridgehead atoms. The van der Waals surface area contributed by atoms with E-state index in [-0.39, 0.29) is 17.0 Å². The van der Waals surface area contributed by atoms with Gasteiger partial charge in [-0.1, -0.05) is 0 Å². The van der Waals surface area contributed by atoms with Crippen molar-refractivity contribution in [2.24, 2.45) is 5.41 Å². The first-order valence-corrected chi connectivity index (χ1v) is 5.85. The van der Waals surface area contributed by atoms with Gasteiger partial charge < -0.3 is 14.8 Å². The summed E-state index contributed by atoms with van der Waals surface area (Å²) in [4.78, 5) is 11.8. The summed E-state index contributed by atoms with van der Waals surface area (Å²) in [6, 6.07) is 0. The van der Waals surface area contributed by atoms with Gasteiger partial charge in [-0.25, -0.2) is 0 Å². The van der Waals surface area contributed by atoms with Crippen molar-refractivity contribution in [2.45, 2.75) is 39.7 Å². The van der Waals surface area contributed by atoms with Crippen LogP contribution in [-0.2, 0) is 14.3 Å². The number of nitrogens with one attached hydrogen (secondary N) is 1. The Kier molecular flexibility index (Phi) is 4.33. The number of ether oxygens (including phenoxy) is 2. The average Bonchev–Trinajstić information content (AvgIpc) is 2.59. The molecule has 0 spiro atoms. The second kappa shape index (κ2) is 5.15. The number of hydrogen-bond donors (Lipinski definition) is 1. The predicted molar refractivity (Wildman–Crippen MR) is 62.3 cm³/mol. The largest absolute Gasteiger partial charge is 0.463 e. The van der Waals surface area contributed by atoms with Crippen molar-refractivity contribution in [1.82, 2.24) is 5.32 Å². The van der Waals surface area contributed by atoms with E-state index in [9.17, 15) is 4.79 Å². The highest BCUT2D eigenvalue weighted by Crippen LogP contribution is 2.25. The Morgan fingerprint density at radius 2 is 2.06 bits per heavy atom. The van der Waals surface area contributed by atoms with E-state index in [0.717, 1.165) is 13.0 Å². The summed E-state index contributed by atoms with van der Waals surface area (Å²) in [5.74, 6) is -0.116. The quantitative estimate of drug-likeness (QED) is 0.584. The van der Waals surface area contributed by atoms with Crippen LogP contribution in [0, 0.1) is 5.41 Å². The molecule has 0 amide bonds. The summed E-state index contributed by atoms with van der Waals surface area (Å²) in [7, 11) is 0. The molecular weight excluding hydrogens is 206 g/mol. The fourth-order valence-corrected chi connectivity index (χ4v) is 1.65. The van der Waals surface area contributed by atoms with Crippen LogP contribution in [-0.4, -0.2) is 37.9 Å². The fourth-order valence-electron chi connectivity index (χ4n) is 1.65. The van der Waals surface area contributed by atoms with Gasteiger partial charge in [-0.3, -0.25) is 4.79 Å². The zero-order valence-corrected chi connectivity index (χ0v) is 10.8. The molecule has 1 rings (SSSR count). The molecule has 1 aliphatic rings. The van der Waals surface area contributed by atoms with Crippen LogP contribution in [0.4, 0.5) is 0 Å². The Morgan fingerprint density at radius 1 is 1.38 bits per heavy atom. The Balaban J connectivity index is 2.20. The SMILES string of the molecule is CC(C)(C)OCCOC(=O)C1(C)CCNC1. The van der Waals surface area contributed by atoms with Gasteiger partial charge in [-0.05, 0) is 40.7 Å². The molecule has 4 heteroatoms. The zero-order chi connectivity index (χ0) is 12.2. The van der Waals surface area contributed by atoms with E-state index in [1.807, 2.05) is 27.7 Å². The second-order valence-electron chi connectivity index (χ2n) is 5.58. The molecule has 0 aromatic carbocycles. The van der Waals surface area contributed by atoms with Crippen molar-refractivity contribution >= 4 is 5.97 Å². The second-order valence-corrected chi connectivity index (χ2v) is 5.58. The van der Waals surface area contributed by atoms with Crippen LogP contribution in [0.1, 0.15) is 34.1 Å². The smallest absolute Gasteiger partial charge is 0.313 e. The molecule has 1 saturated heterocycles. The molecule has 94 valence electrons. The van der Waals surface area contributed by atoms with Crippen LogP contribution >= 0.6 is 0 Å². The third-order valence-corrected chi connectivity index (χ3v) is 2.71. The van der Waals surface area contributed by atoms with Gasteiger partial charge in [0, 0.05) is 6.54 Å². The van der Waals surface area contributed by atoms with E-state index in [1.165, 1.54) is 0 Å². The topological polar surface area (TPSA) is 47.6 Å². The van der Waals surface area contributed by atoms with Crippen LogP contribution in [0.15, 0.2) is 0 Å². The normalized spacial score (nSPS) is 25.8. The third-order valence-electron chi connectivity index (χ3n) is 2.71. The predicted octanol–water partition coefficient (Wildman–Crippen LogP) is 1.34.